The molecule has 29 heavy (non-hydrogen) atoms. The van der Waals surface area contributed by atoms with Crippen molar-refractivity contribution >= 4 is 5.97 Å². The molecule has 0 N–H and O–H groups in total. The van der Waals surface area contributed by atoms with Gasteiger partial charge in [-0.15, -0.1) is 0 Å². The molecule has 3 aromatic carbocycles. The van der Waals surface area contributed by atoms with Crippen molar-refractivity contribution in [2.45, 2.75) is 32.0 Å². The Kier molecular flexibility index (Phi) is 7.14. The number of halogens is 1. The number of hydrogen-bond donors (Lipinski definition) is 0. The van der Waals surface area contributed by atoms with Crippen LogP contribution in [0.1, 0.15) is 42.1 Å². The summed E-state index contributed by atoms with van der Waals surface area (Å²) in [5, 5.41) is 0. The number of hydrogen-bond acceptors (Lipinski definition) is 3. The number of esters is 1. The lowest BCUT2D eigenvalue weighted by Gasteiger charge is -2.37. The molecular formula is C25H26FNO2. The first-order chi connectivity index (χ1) is 14.1. The lowest BCUT2D eigenvalue weighted by molar-refractivity contribution is -0.142. The van der Waals surface area contributed by atoms with Crippen LogP contribution in [0.5, 0.6) is 0 Å². The highest BCUT2D eigenvalue weighted by atomic mass is 19.1. The summed E-state index contributed by atoms with van der Waals surface area (Å²) in [7, 11) is 1.36. The highest BCUT2D eigenvalue weighted by Crippen LogP contribution is 2.35. The largest absolute Gasteiger partial charge is 0.469 e. The molecule has 0 heterocycles. The van der Waals surface area contributed by atoms with Crippen LogP contribution in [0.15, 0.2) is 84.9 Å². The molecule has 0 aliphatic rings. The van der Waals surface area contributed by atoms with E-state index in [0.717, 1.165) is 11.1 Å². The summed E-state index contributed by atoms with van der Waals surface area (Å²) in [6.07, 6.45) is 0.0709. The summed E-state index contributed by atoms with van der Waals surface area (Å²) < 4.78 is 19.7. The minimum absolute atomic E-state index is 0.0364. The fraction of sp³-hybridized carbons (Fsp3) is 0.240. The average Bonchev–Trinajstić information content (AvgIpc) is 2.77. The van der Waals surface area contributed by atoms with Crippen molar-refractivity contribution in [2.75, 3.05) is 7.11 Å². The fourth-order valence-electron chi connectivity index (χ4n) is 3.63. The van der Waals surface area contributed by atoms with Gasteiger partial charge in [0.1, 0.15) is 5.82 Å². The molecular weight excluding hydrogens is 365 g/mol. The lowest BCUT2D eigenvalue weighted by atomic mass is 9.96. The van der Waals surface area contributed by atoms with Crippen molar-refractivity contribution in [3.05, 3.63) is 107 Å². The SMILES string of the molecule is COC(=O)C[C@H](c1ccccc1F)N(Cc1ccccc1)[C@@H](C)c1ccccc1. The van der Waals surface area contributed by atoms with Crippen LogP contribution in [-0.2, 0) is 16.1 Å². The number of carbonyl (C=O) groups excluding carboxylic acids is 1. The quantitative estimate of drug-likeness (QED) is 0.462. The first kappa shape index (κ1) is 20.7. The molecule has 0 fully saturated rings. The van der Waals surface area contributed by atoms with E-state index in [2.05, 4.69) is 24.0 Å². The van der Waals surface area contributed by atoms with Crippen LogP contribution in [0.2, 0.25) is 0 Å². The maximum absolute atomic E-state index is 14.8. The smallest absolute Gasteiger partial charge is 0.307 e. The van der Waals surface area contributed by atoms with Crippen molar-refractivity contribution in [2.24, 2.45) is 0 Å². The molecule has 3 aromatic rings. The number of methoxy groups -OCH3 is 1. The minimum Gasteiger partial charge on any atom is -0.469 e. The first-order valence-electron chi connectivity index (χ1n) is 9.76. The Morgan fingerprint density at radius 1 is 0.931 bits per heavy atom. The third-order valence-electron chi connectivity index (χ3n) is 5.24. The molecule has 0 aliphatic carbocycles. The molecule has 0 saturated heterocycles. The molecule has 0 aromatic heterocycles. The third-order valence-corrected chi connectivity index (χ3v) is 5.24. The summed E-state index contributed by atoms with van der Waals surface area (Å²) in [5.74, 6) is -0.684. The standard InChI is InChI=1S/C25H26FNO2/c1-19(21-13-7-4-8-14-21)27(18-20-11-5-3-6-12-20)24(17-25(28)29-2)22-15-9-10-16-23(22)26/h3-16,19,24H,17-18H2,1-2H3/t19-,24+/m0/s1. The van der Waals surface area contributed by atoms with Gasteiger partial charge in [-0.3, -0.25) is 9.69 Å². The van der Waals surface area contributed by atoms with Crippen molar-refractivity contribution in [3.63, 3.8) is 0 Å². The van der Waals surface area contributed by atoms with E-state index < -0.39 is 6.04 Å². The molecule has 0 bridgehead atoms. The molecule has 0 unspecified atom stereocenters. The van der Waals surface area contributed by atoms with E-state index in [4.69, 9.17) is 4.74 Å². The van der Waals surface area contributed by atoms with Crippen LogP contribution >= 0.6 is 0 Å². The summed E-state index contributed by atoms with van der Waals surface area (Å²) in [6.45, 7) is 2.66. The Bertz CT molecular complexity index is 914. The minimum atomic E-state index is -0.459. The van der Waals surface area contributed by atoms with Crippen LogP contribution in [0.4, 0.5) is 4.39 Å². The van der Waals surface area contributed by atoms with E-state index in [1.54, 1.807) is 18.2 Å². The number of carbonyl (C=O) groups is 1. The van der Waals surface area contributed by atoms with Crippen molar-refractivity contribution < 1.29 is 13.9 Å². The Morgan fingerprint density at radius 3 is 2.14 bits per heavy atom. The number of rotatable bonds is 8. The highest BCUT2D eigenvalue weighted by molar-refractivity contribution is 5.70. The Morgan fingerprint density at radius 2 is 1.52 bits per heavy atom. The third kappa shape index (κ3) is 5.30. The van der Waals surface area contributed by atoms with E-state index in [1.807, 2.05) is 48.5 Å². The van der Waals surface area contributed by atoms with Gasteiger partial charge in [0.2, 0.25) is 0 Å². The molecule has 0 radical (unpaired) electrons. The molecule has 0 aliphatic heterocycles. The van der Waals surface area contributed by atoms with Gasteiger partial charge in [-0.25, -0.2) is 4.39 Å². The summed E-state index contributed by atoms with van der Waals surface area (Å²) in [6, 6.07) is 26.2. The predicted molar refractivity (Wildman–Crippen MR) is 113 cm³/mol. The van der Waals surface area contributed by atoms with E-state index >= 15 is 0 Å². The molecule has 2 atom stereocenters. The maximum Gasteiger partial charge on any atom is 0.307 e. The van der Waals surface area contributed by atoms with Gasteiger partial charge in [0.15, 0.2) is 0 Å². The Balaban J connectivity index is 2.06. The van der Waals surface area contributed by atoms with Crippen LogP contribution < -0.4 is 0 Å². The van der Waals surface area contributed by atoms with Gasteiger partial charge in [-0.1, -0.05) is 78.9 Å². The number of benzene rings is 3. The fourth-order valence-corrected chi connectivity index (χ4v) is 3.63. The lowest BCUT2D eigenvalue weighted by Crippen LogP contribution is -2.33. The van der Waals surface area contributed by atoms with Crippen LogP contribution in [0.25, 0.3) is 0 Å². The monoisotopic (exact) mass is 391 g/mol. The molecule has 0 saturated carbocycles. The predicted octanol–water partition coefficient (Wildman–Crippen LogP) is 5.69. The topological polar surface area (TPSA) is 29.5 Å². The zero-order chi connectivity index (χ0) is 20.6. The van der Waals surface area contributed by atoms with Crippen LogP contribution in [0.3, 0.4) is 0 Å². The zero-order valence-electron chi connectivity index (χ0n) is 16.8. The van der Waals surface area contributed by atoms with E-state index in [1.165, 1.54) is 13.2 Å². The van der Waals surface area contributed by atoms with Crippen molar-refractivity contribution in [1.29, 1.82) is 0 Å². The first-order valence-corrected chi connectivity index (χ1v) is 9.76. The summed E-state index contributed by atoms with van der Waals surface area (Å²) >= 11 is 0. The normalized spacial score (nSPS) is 13.1. The van der Waals surface area contributed by atoms with Crippen LogP contribution in [-0.4, -0.2) is 18.0 Å². The van der Waals surface area contributed by atoms with Crippen molar-refractivity contribution in [1.82, 2.24) is 4.90 Å². The Labute approximate surface area is 171 Å². The second-order valence-corrected chi connectivity index (χ2v) is 7.06. The van der Waals surface area contributed by atoms with Gasteiger partial charge in [0.25, 0.3) is 0 Å². The second-order valence-electron chi connectivity index (χ2n) is 7.06. The van der Waals surface area contributed by atoms with Gasteiger partial charge >= 0.3 is 5.97 Å². The maximum atomic E-state index is 14.8. The van der Waals surface area contributed by atoms with Gasteiger partial charge in [-0.2, -0.15) is 0 Å². The molecule has 3 nitrogen and oxygen atoms in total. The van der Waals surface area contributed by atoms with Gasteiger partial charge in [-0.05, 0) is 24.1 Å². The van der Waals surface area contributed by atoms with E-state index in [9.17, 15) is 9.18 Å². The second kappa shape index (κ2) is 9.99. The van der Waals surface area contributed by atoms with Gasteiger partial charge < -0.3 is 4.74 Å². The summed E-state index contributed by atoms with van der Waals surface area (Å²) in [5.41, 5.74) is 2.70. The van der Waals surface area contributed by atoms with E-state index in [-0.39, 0.29) is 24.2 Å². The molecule has 0 amide bonds. The molecule has 0 spiro atoms. The zero-order valence-corrected chi connectivity index (χ0v) is 16.8. The highest BCUT2D eigenvalue weighted by Gasteiger charge is 2.30. The van der Waals surface area contributed by atoms with Gasteiger partial charge in [0, 0.05) is 24.2 Å². The molecule has 150 valence electrons. The number of nitrogens with zero attached hydrogens (tertiary/aromatic N) is 1. The number of ether oxygens (including phenoxy) is 1. The Hall–Kier alpha value is -2.98. The molecule has 3 rings (SSSR count). The average molecular weight is 391 g/mol. The van der Waals surface area contributed by atoms with E-state index in [0.29, 0.717) is 12.1 Å². The van der Waals surface area contributed by atoms with Crippen molar-refractivity contribution in [3.8, 4) is 0 Å². The molecule has 4 heteroatoms. The summed E-state index contributed by atoms with van der Waals surface area (Å²) in [4.78, 5) is 14.4. The van der Waals surface area contributed by atoms with Gasteiger partial charge in [0.05, 0.1) is 13.5 Å². The van der Waals surface area contributed by atoms with Crippen LogP contribution in [0, 0.1) is 5.82 Å².